The number of rotatable bonds is 10. The van der Waals surface area contributed by atoms with Gasteiger partial charge >= 0.3 is 6.09 Å². The highest BCUT2D eigenvalue weighted by Crippen LogP contribution is 2.47. The average Bonchev–Trinajstić information content (AvgIpc) is 3.76. The molecule has 2 aromatic carbocycles. The van der Waals surface area contributed by atoms with Crippen molar-refractivity contribution in [3.05, 3.63) is 59.4 Å². The maximum atomic E-state index is 16.1. The molecule has 1 aliphatic heterocycles. The molecule has 0 spiro atoms. The smallest absolute Gasteiger partial charge is 0.417 e. The van der Waals surface area contributed by atoms with Gasteiger partial charge in [-0.05, 0) is 118 Å². The normalized spacial score (nSPS) is 25.2. The van der Waals surface area contributed by atoms with E-state index in [9.17, 15) is 14.0 Å². The lowest BCUT2D eigenvalue weighted by Gasteiger charge is -2.32. The highest BCUT2D eigenvalue weighted by atomic mass is 19.1. The van der Waals surface area contributed by atoms with Crippen LogP contribution in [0.5, 0.6) is 11.5 Å². The van der Waals surface area contributed by atoms with Gasteiger partial charge < -0.3 is 14.2 Å². The maximum Gasteiger partial charge on any atom is 0.417 e. The molecule has 5 rings (SSSR count). The quantitative estimate of drug-likeness (QED) is 0.286. The second-order valence-corrected chi connectivity index (χ2v) is 13.1. The predicted octanol–water partition coefficient (Wildman–Crippen LogP) is 7.80. The van der Waals surface area contributed by atoms with Gasteiger partial charge in [-0.3, -0.25) is 4.79 Å². The first-order valence-electron chi connectivity index (χ1n) is 15.3. The Balaban J connectivity index is 1.23. The van der Waals surface area contributed by atoms with Gasteiger partial charge in [-0.2, -0.15) is 0 Å². The van der Waals surface area contributed by atoms with Crippen molar-refractivity contribution in [3.63, 3.8) is 0 Å². The molecule has 3 aliphatic rings. The van der Waals surface area contributed by atoms with Gasteiger partial charge in [-0.1, -0.05) is 26.0 Å². The molecule has 2 amide bonds. The number of imide groups is 1. The Kier molecular flexibility index (Phi) is 8.81. The van der Waals surface area contributed by atoms with Crippen LogP contribution < -0.4 is 9.47 Å². The number of hydrogen-bond acceptors (Lipinski definition) is 5. The van der Waals surface area contributed by atoms with E-state index in [1.165, 1.54) is 6.07 Å². The minimum atomic E-state index is -1.86. The summed E-state index contributed by atoms with van der Waals surface area (Å²) < 4.78 is 47.6. The molecule has 2 aromatic rings. The Hall–Kier alpha value is -3.16. The summed E-state index contributed by atoms with van der Waals surface area (Å²) in [5.74, 6) is 0.0991. The Morgan fingerprint density at radius 1 is 1.05 bits per heavy atom. The molecule has 0 aromatic heterocycles. The minimum Gasteiger partial charge on any atom is -0.497 e. The monoisotopic (exact) mass is 583 g/mol. The lowest BCUT2D eigenvalue weighted by molar-refractivity contribution is -0.136. The minimum absolute atomic E-state index is 0.0376. The van der Waals surface area contributed by atoms with Crippen LogP contribution in [0.25, 0.3) is 0 Å². The Morgan fingerprint density at radius 2 is 1.76 bits per heavy atom. The number of cyclic esters (lactones) is 1. The van der Waals surface area contributed by atoms with E-state index < -0.39 is 35.7 Å². The first-order valence-corrected chi connectivity index (χ1v) is 15.3. The fourth-order valence-corrected chi connectivity index (χ4v) is 7.14. The van der Waals surface area contributed by atoms with Crippen LogP contribution in [0, 0.1) is 23.6 Å². The van der Waals surface area contributed by atoms with E-state index in [0.717, 1.165) is 43.4 Å². The van der Waals surface area contributed by atoms with Crippen molar-refractivity contribution < 1.29 is 32.6 Å². The van der Waals surface area contributed by atoms with E-state index in [4.69, 9.17) is 14.2 Å². The molecule has 0 N–H and O–H groups in total. The molecule has 2 saturated carbocycles. The molecule has 3 fully saturated rings. The third kappa shape index (κ3) is 6.28. The Morgan fingerprint density at radius 3 is 2.40 bits per heavy atom. The second kappa shape index (κ2) is 12.2. The van der Waals surface area contributed by atoms with Crippen LogP contribution in [0.1, 0.15) is 89.2 Å². The highest BCUT2D eigenvalue weighted by molar-refractivity contribution is 5.97. The maximum absolute atomic E-state index is 16.1. The van der Waals surface area contributed by atoms with Crippen LogP contribution in [0.4, 0.5) is 13.6 Å². The number of carbonyl (C=O) groups excluding carboxylic acids is 2. The third-order valence-corrected chi connectivity index (χ3v) is 9.31. The molecule has 3 atom stereocenters. The first-order chi connectivity index (χ1) is 20.0. The summed E-state index contributed by atoms with van der Waals surface area (Å²) in [6, 6.07) is 11.8. The Bertz CT molecular complexity index is 1280. The van der Waals surface area contributed by atoms with E-state index in [-0.39, 0.29) is 23.6 Å². The number of ether oxygens (including phenoxy) is 3. The van der Waals surface area contributed by atoms with E-state index in [1.807, 2.05) is 38.1 Å². The standard InChI is InChI=1S/C34H43F2NO5/c1-20(2)31-34(3,4)42-33(39)37(31)32(38)30(36)29(23-13-14-23)24-7-6-8-26(17-24)41-19-21-9-11-22(12-10-21)27-18-25(40-5)15-16-28(27)35/h6-8,15-18,20-23,29-31H,9-14,19H2,1-5H3/t21?,22?,29-,30?,31-/m0/s1. The molecular formula is C34H43F2NO5. The number of benzene rings is 2. The lowest BCUT2D eigenvalue weighted by atomic mass is 9.79. The van der Waals surface area contributed by atoms with Crippen molar-refractivity contribution in [2.45, 2.75) is 95.9 Å². The van der Waals surface area contributed by atoms with Crippen molar-refractivity contribution in [3.8, 4) is 11.5 Å². The summed E-state index contributed by atoms with van der Waals surface area (Å²) in [5.41, 5.74) is 0.541. The summed E-state index contributed by atoms with van der Waals surface area (Å²) in [7, 11) is 1.59. The molecule has 228 valence electrons. The zero-order valence-corrected chi connectivity index (χ0v) is 25.3. The molecule has 8 heteroatoms. The van der Waals surface area contributed by atoms with Gasteiger partial charge in [0, 0.05) is 5.92 Å². The SMILES string of the molecule is COc1ccc(F)c(C2CCC(COc3cccc([C@H](C4CC4)C(F)C(=O)N4C(=O)OC(C)(C)[C@@H]4C(C)C)c3)CC2)c1. The predicted molar refractivity (Wildman–Crippen MR) is 156 cm³/mol. The third-order valence-electron chi connectivity index (χ3n) is 9.31. The molecule has 42 heavy (non-hydrogen) atoms. The molecule has 2 aliphatic carbocycles. The van der Waals surface area contributed by atoms with E-state index in [2.05, 4.69) is 0 Å². The highest BCUT2D eigenvalue weighted by Gasteiger charge is 2.55. The van der Waals surface area contributed by atoms with Crippen LogP contribution in [0.2, 0.25) is 0 Å². The summed E-state index contributed by atoms with van der Waals surface area (Å²) in [6.45, 7) is 7.86. The summed E-state index contributed by atoms with van der Waals surface area (Å²) in [4.78, 5) is 27.2. The van der Waals surface area contributed by atoms with Gasteiger partial charge in [-0.25, -0.2) is 18.5 Å². The van der Waals surface area contributed by atoms with Crippen molar-refractivity contribution in [2.24, 2.45) is 17.8 Å². The Labute approximate surface area is 247 Å². The van der Waals surface area contributed by atoms with Gasteiger partial charge in [0.2, 0.25) is 0 Å². The van der Waals surface area contributed by atoms with Crippen molar-refractivity contribution >= 4 is 12.0 Å². The zero-order valence-electron chi connectivity index (χ0n) is 25.3. The number of carbonyl (C=O) groups is 2. The lowest BCUT2D eigenvalue weighted by Crippen LogP contribution is -2.51. The van der Waals surface area contributed by atoms with Crippen molar-refractivity contribution in [2.75, 3.05) is 13.7 Å². The number of nitrogens with zero attached hydrogens (tertiary/aromatic N) is 1. The fourth-order valence-electron chi connectivity index (χ4n) is 7.14. The van der Waals surface area contributed by atoms with Gasteiger partial charge in [0.1, 0.15) is 22.9 Å². The van der Waals surface area contributed by atoms with Crippen LogP contribution in [0.3, 0.4) is 0 Å². The van der Waals surface area contributed by atoms with Gasteiger partial charge in [-0.15, -0.1) is 0 Å². The molecule has 6 nitrogen and oxygen atoms in total. The largest absolute Gasteiger partial charge is 0.497 e. The average molecular weight is 584 g/mol. The number of hydrogen-bond donors (Lipinski definition) is 0. The van der Waals surface area contributed by atoms with Gasteiger partial charge in [0.25, 0.3) is 5.91 Å². The molecular weight excluding hydrogens is 540 g/mol. The van der Waals surface area contributed by atoms with E-state index >= 15 is 4.39 Å². The zero-order chi connectivity index (χ0) is 30.2. The van der Waals surface area contributed by atoms with Crippen LogP contribution in [-0.2, 0) is 9.53 Å². The molecule has 1 heterocycles. The summed E-state index contributed by atoms with van der Waals surface area (Å²) in [6.07, 6.45) is 2.64. The topological polar surface area (TPSA) is 65.1 Å². The number of halogens is 2. The molecule has 1 unspecified atom stereocenters. The number of alkyl halides is 1. The second-order valence-electron chi connectivity index (χ2n) is 13.1. The van der Waals surface area contributed by atoms with E-state index in [1.54, 1.807) is 33.1 Å². The van der Waals surface area contributed by atoms with Crippen LogP contribution in [-0.4, -0.2) is 48.4 Å². The fraction of sp³-hybridized carbons (Fsp3) is 0.588. The molecule has 0 radical (unpaired) electrons. The summed E-state index contributed by atoms with van der Waals surface area (Å²) in [5, 5.41) is 0. The van der Waals surface area contributed by atoms with Crippen molar-refractivity contribution in [1.82, 2.24) is 4.90 Å². The van der Waals surface area contributed by atoms with Gasteiger partial charge in [0.15, 0.2) is 6.17 Å². The molecule has 0 bridgehead atoms. The van der Waals surface area contributed by atoms with Crippen molar-refractivity contribution in [1.29, 1.82) is 0 Å². The number of amides is 2. The molecule has 1 saturated heterocycles. The van der Waals surface area contributed by atoms with E-state index in [0.29, 0.717) is 35.2 Å². The van der Waals surface area contributed by atoms with Gasteiger partial charge in [0.05, 0.1) is 19.8 Å². The number of methoxy groups -OCH3 is 1. The first kappa shape index (κ1) is 30.3. The van der Waals surface area contributed by atoms with Crippen LogP contribution in [0.15, 0.2) is 42.5 Å². The summed E-state index contributed by atoms with van der Waals surface area (Å²) >= 11 is 0. The van der Waals surface area contributed by atoms with Crippen LogP contribution >= 0.6 is 0 Å².